The summed E-state index contributed by atoms with van der Waals surface area (Å²) >= 11 is 5.88. The number of benzene rings is 1. The van der Waals surface area contributed by atoms with Crippen molar-refractivity contribution in [3.63, 3.8) is 0 Å². The van der Waals surface area contributed by atoms with E-state index >= 15 is 0 Å². The predicted molar refractivity (Wildman–Crippen MR) is 53.9 cm³/mol. The van der Waals surface area contributed by atoms with Crippen LogP contribution in [0.1, 0.15) is 5.56 Å². The van der Waals surface area contributed by atoms with E-state index in [2.05, 4.69) is 5.16 Å². The third-order valence-electron chi connectivity index (χ3n) is 1.70. The summed E-state index contributed by atoms with van der Waals surface area (Å²) < 4.78 is 10.1. The van der Waals surface area contributed by atoms with Crippen molar-refractivity contribution in [3.8, 4) is 11.5 Å². The molecule has 0 radical (unpaired) electrons. The summed E-state index contributed by atoms with van der Waals surface area (Å²) in [6.45, 7) is 0. The molecule has 4 nitrogen and oxygen atoms in total. The van der Waals surface area contributed by atoms with E-state index in [1.807, 2.05) is 0 Å². The molecule has 0 fully saturated rings. The lowest BCUT2D eigenvalue weighted by Crippen LogP contribution is -1.93. The number of methoxy groups -OCH3 is 2. The van der Waals surface area contributed by atoms with Crippen LogP contribution in [0, 0.1) is 0 Å². The van der Waals surface area contributed by atoms with Gasteiger partial charge in [-0.15, -0.1) is 0 Å². The van der Waals surface area contributed by atoms with Crippen LogP contribution < -0.4 is 9.47 Å². The first kappa shape index (κ1) is 10.7. The molecule has 0 saturated heterocycles. The SMILES string of the molecule is COc1cc(Cl)c(/C=N\O)cc1OC. The highest BCUT2D eigenvalue weighted by molar-refractivity contribution is 6.33. The maximum atomic E-state index is 8.37. The molecule has 0 spiro atoms. The van der Waals surface area contributed by atoms with Crippen molar-refractivity contribution in [3.05, 3.63) is 22.7 Å². The largest absolute Gasteiger partial charge is 0.493 e. The average Bonchev–Trinajstić information content (AvgIpc) is 2.20. The molecule has 76 valence electrons. The number of ether oxygens (including phenoxy) is 2. The van der Waals surface area contributed by atoms with Gasteiger partial charge >= 0.3 is 0 Å². The molecule has 0 aromatic heterocycles. The van der Waals surface area contributed by atoms with Gasteiger partial charge in [0.25, 0.3) is 0 Å². The molecule has 14 heavy (non-hydrogen) atoms. The lowest BCUT2D eigenvalue weighted by Gasteiger charge is -2.08. The monoisotopic (exact) mass is 215 g/mol. The number of hydrogen-bond acceptors (Lipinski definition) is 4. The fourth-order valence-corrected chi connectivity index (χ4v) is 1.23. The van der Waals surface area contributed by atoms with Crippen molar-refractivity contribution in [2.24, 2.45) is 5.16 Å². The van der Waals surface area contributed by atoms with E-state index < -0.39 is 0 Å². The Kier molecular flexibility index (Phi) is 3.59. The molecule has 5 heteroatoms. The zero-order valence-electron chi connectivity index (χ0n) is 7.82. The zero-order chi connectivity index (χ0) is 10.6. The van der Waals surface area contributed by atoms with Gasteiger partial charge in [-0.3, -0.25) is 0 Å². The minimum atomic E-state index is 0.431. The molecule has 0 unspecified atom stereocenters. The Morgan fingerprint density at radius 3 is 2.36 bits per heavy atom. The molecule has 0 aliphatic rings. The molecule has 1 aromatic rings. The van der Waals surface area contributed by atoms with Crippen LogP contribution >= 0.6 is 11.6 Å². The number of oxime groups is 1. The maximum absolute atomic E-state index is 8.37. The highest BCUT2D eigenvalue weighted by Crippen LogP contribution is 2.32. The number of rotatable bonds is 3. The van der Waals surface area contributed by atoms with Crippen molar-refractivity contribution in [2.45, 2.75) is 0 Å². The van der Waals surface area contributed by atoms with Gasteiger partial charge < -0.3 is 14.7 Å². The van der Waals surface area contributed by atoms with Crippen molar-refractivity contribution >= 4 is 17.8 Å². The minimum absolute atomic E-state index is 0.431. The van der Waals surface area contributed by atoms with Gasteiger partial charge in [-0.1, -0.05) is 16.8 Å². The van der Waals surface area contributed by atoms with Crippen LogP contribution in [0.5, 0.6) is 11.5 Å². The van der Waals surface area contributed by atoms with Gasteiger partial charge in [-0.2, -0.15) is 0 Å². The van der Waals surface area contributed by atoms with E-state index in [-0.39, 0.29) is 0 Å². The normalized spacial score (nSPS) is 10.5. The summed E-state index contributed by atoms with van der Waals surface area (Å²) in [6, 6.07) is 3.22. The number of nitrogens with zero attached hydrogens (tertiary/aromatic N) is 1. The van der Waals surface area contributed by atoms with Gasteiger partial charge in [-0.25, -0.2) is 0 Å². The molecular formula is C9H10ClNO3. The average molecular weight is 216 g/mol. The van der Waals surface area contributed by atoms with Gasteiger partial charge in [0.2, 0.25) is 0 Å². The number of halogens is 1. The highest BCUT2D eigenvalue weighted by atomic mass is 35.5. The van der Waals surface area contributed by atoms with Crippen molar-refractivity contribution in [1.82, 2.24) is 0 Å². The van der Waals surface area contributed by atoms with Crippen molar-refractivity contribution < 1.29 is 14.7 Å². The van der Waals surface area contributed by atoms with Gasteiger partial charge in [0.1, 0.15) is 0 Å². The second-order valence-electron chi connectivity index (χ2n) is 2.47. The second-order valence-corrected chi connectivity index (χ2v) is 2.88. The van der Waals surface area contributed by atoms with Crippen molar-refractivity contribution in [2.75, 3.05) is 14.2 Å². The van der Waals surface area contributed by atoms with E-state index in [4.69, 9.17) is 26.3 Å². The van der Waals surface area contributed by atoms with Crippen LogP contribution in [0.15, 0.2) is 17.3 Å². The molecular weight excluding hydrogens is 206 g/mol. The summed E-state index contributed by atoms with van der Waals surface area (Å²) in [6.07, 6.45) is 1.23. The summed E-state index contributed by atoms with van der Waals surface area (Å²) in [5, 5.41) is 11.7. The fourth-order valence-electron chi connectivity index (χ4n) is 1.03. The molecule has 0 heterocycles. The van der Waals surface area contributed by atoms with Crippen LogP contribution in [-0.2, 0) is 0 Å². The third kappa shape index (κ3) is 2.09. The molecule has 1 N–H and O–H groups in total. The Balaban J connectivity index is 3.23. The maximum Gasteiger partial charge on any atom is 0.162 e. The molecule has 1 rings (SSSR count). The van der Waals surface area contributed by atoms with Gasteiger partial charge in [-0.05, 0) is 6.07 Å². The molecule has 0 saturated carbocycles. The van der Waals surface area contributed by atoms with Crippen molar-refractivity contribution in [1.29, 1.82) is 0 Å². The Hall–Kier alpha value is -1.42. The van der Waals surface area contributed by atoms with Crippen LogP contribution in [-0.4, -0.2) is 25.6 Å². The Morgan fingerprint density at radius 1 is 1.29 bits per heavy atom. The molecule has 0 atom stereocenters. The zero-order valence-corrected chi connectivity index (χ0v) is 8.58. The highest BCUT2D eigenvalue weighted by Gasteiger charge is 2.08. The predicted octanol–water partition coefficient (Wildman–Crippen LogP) is 2.17. The smallest absolute Gasteiger partial charge is 0.162 e. The Labute approximate surface area is 86.7 Å². The molecule has 0 aliphatic heterocycles. The molecule has 1 aromatic carbocycles. The molecule has 0 aliphatic carbocycles. The Bertz CT molecular complexity index is 352. The van der Waals surface area contributed by atoms with E-state index in [1.165, 1.54) is 20.4 Å². The molecule has 0 amide bonds. The summed E-state index contributed by atoms with van der Waals surface area (Å²) in [5.74, 6) is 1.07. The van der Waals surface area contributed by atoms with Crippen LogP contribution in [0.25, 0.3) is 0 Å². The van der Waals surface area contributed by atoms with Crippen LogP contribution in [0.3, 0.4) is 0 Å². The summed E-state index contributed by atoms with van der Waals surface area (Å²) in [4.78, 5) is 0. The van der Waals surface area contributed by atoms with Gasteiger partial charge in [0, 0.05) is 11.6 Å². The van der Waals surface area contributed by atoms with E-state index in [1.54, 1.807) is 12.1 Å². The fraction of sp³-hybridized carbons (Fsp3) is 0.222. The van der Waals surface area contributed by atoms with E-state index in [9.17, 15) is 0 Å². The lowest BCUT2D eigenvalue weighted by molar-refractivity contribution is 0.321. The molecule has 0 bridgehead atoms. The first-order chi connectivity index (χ1) is 6.72. The number of hydrogen-bond donors (Lipinski definition) is 1. The standard InChI is InChI=1S/C9H10ClNO3/c1-13-8-3-6(5-11-12)7(10)4-9(8)14-2/h3-5,12H,1-2H3/b11-5-. The van der Waals surface area contributed by atoms with Gasteiger partial charge in [0.15, 0.2) is 11.5 Å². The first-order valence-electron chi connectivity index (χ1n) is 3.82. The van der Waals surface area contributed by atoms with E-state index in [0.29, 0.717) is 22.1 Å². The first-order valence-corrected chi connectivity index (χ1v) is 4.19. The lowest BCUT2D eigenvalue weighted by atomic mass is 10.2. The van der Waals surface area contributed by atoms with E-state index in [0.717, 1.165) is 0 Å². The summed E-state index contributed by atoms with van der Waals surface area (Å²) in [5.41, 5.74) is 0.562. The topological polar surface area (TPSA) is 51.0 Å². The second kappa shape index (κ2) is 4.72. The third-order valence-corrected chi connectivity index (χ3v) is 2.03. The quantitative estimate of drug-likeness (QED) is 0.478. The van der Waals surface area contributed by atoms with Gasteiger partial charge in [0.05, 0.1) is 25.5 Å². The van der Waals surface area contributed by atoms with Crippen LogP contribution in [0.2, 0.25) is 5.02 Å². The minimum Gasteiger partial charge on any atom is -0.493 e. The Morgan fingerprint density at radius 2 is 1.86 bits per heavy atom. The van der Waals surface area contributed by atoms with Crippen LogP contribution in [0.4, 0.5) is 0 Å². The summed E-state index contributed by atoms with van der Waals surface area (Å²) in [7, 11) is 3.04.